The first-order valence-corrected chi connectivity index (χ1v) is 5.33. The van der Waals surface area contributed by atoms with Gasteiger partial charge in [0, 0.05) is 16.1 Å². The third-order valence-electron chi connectivity index (χ3n) is 1.86. The molecule has 0 aliphatic heterocycles. The van der Waals surface area contributed by atoms with Crippen LogP contribution in [-0.4, -0.2) is 12.8 Å². The summed E-state index contributed by atoms with van der Waals surface area (Å²) in [5.41, 5.74) is 6.18. The van der Waals surface area contributed by atoms with E-state index < -0.39 is 12.8 Å². The van der Waals surface area contributed by atoms with Crippen LogP contribution >= 0.6 is 15.9 Å². The lowest BCUT2D eigenvalue weighted by Gasteiger charge is -2.15. The van der Waals surface area contributed by atoms with Crippen molar-refractivity contribution < 1.29 is 17.9 Å². The first-order valence-electron chi connectivity index (χ1n) is 4.54. The van der Waals surface area contributed by atoms with E-state index in [0.717, 1.165) is 0 Å². The third-order valence-corrected chi connectivity index (χ3v) is 2.35. The van der Waals surface area contributed by atoms with Crippen molar-refractivity contribution in [1.29, 1.82) is 0 Å². The molecule has 0 bridgehead atoms. The second-order valence-electron chi connectivity index (χ2n) is 3.37. The number of ether oxygens (including phenoxy) is 1. The molecule has 2 nitrogen and oxygen atoms in total. The van der Waals surface area contributed by atoms with E-state index in [2.05, 4.69) is 15.9 Å². The second-order valence-corrected chi connectivity index (χ2v) is 4.29. The fraction of sp³-hybridized carbons (Fsp3) is 0.400. The molecule has 0 spiro atoms. The lowest BCUT2D eigenvalue weighted by molar-refractivity contribution is -0.153. The molecule has 0 aliphatic carbocycles. The van der Waals surface area contributed by atoms with Crippen molar-refractivity contribution >= 4 is 15.9 Å². The monoisotopic (exact) mass is 297 g/mol. The molecule has 0 amide bonds. The van der Waals surface area contributed by atoms with Crippen molar-refractivity contribution in [3.05, 3.63) is 28.2 Å². The molecular formula is C10H11BrF3NO. The molecule has 0 radical (unpaired) electrons. The predicted molar refractivity (Wildman–Crippen MR) is 58.3 cm³/mol. The molecule has 1 aromatic carbocycles. The largest absolute Gasteiger partial charge is 0.484 e. The molecule has 6 heteroatoms. The number of hydrogen-bond donors (Lipinski definition) is 1. The van der Waals surface area contributed by atoms with Crippen LogP contribution in [0.4, 0.5) is 13.2 Å². The third kappa shape index (κ3) is 4.02. The van der Waals surface area contributed by atoms with Gasteiger partial charge in [-0.25, -0.2) is 0 Å². The standard InChI is InChI=1S/C10H11BrF3NO/c1-6(15)8-3-2-7(11)4-9(8)16-5-10(12,13)14/h2-4,6H,5,15H2,1H3. The summed E-state index contributed by atoms with van der Waals surface area (Å²) in [7, 11) is 0. The summed E-state index contributed by atoms with van der Waals surface area (Å²) in [5, 5.41) is 0. The van der Waals surface area contributed by atoms with Crippen molar-refractivity contribution in [2.24, 2.45) is 5.73 Å². The molecular weight excluding hydrogens is 287 g/mol. The Kier molecular flexibility index (Phi) is 4.21. The summed E-state index contributed by atoms with van der Waals surface area (Å²) in [4.78, 5) is 0. The van der Waals surface area contributed by atoms with Crippen LogP contribution in [0, 0.1) is 0 Å². The minimum Gasteiger partial charge on any atom is -0.484 e. The van der Waals surface area contributed by atoms with E-state index in [0.29, 0.717) is 10.0 Å². The summed E-state index contributed by atoms with van der Waals surface area (Å²) in [5.74, 6) is 0.154. The molecule has 1 unspecified atom stereocenters. The molecule has 0 aromatic heterocycles. The van der Waals surface area contributed by atoms with Gasteiger partial charge in [0.15, 0.2) is 6.61 Å². The Morgan fingerprint density at radius 1 is 1.44 bits per heavy atom. The van der Waals surface area contributed by atoms with Gasteiger partial charge in [0.05, 0.1) is 0 Å². The van der Waals surface area contributed by atoms with Crippen molar-refractivity contribution in [2.45, 2.75) is 19.1 Å². The average Bonchev–Trinajstić information content (AvgIpc) is 2.13. The molecule has 0 heterocycles. The van der Waals surface area contributed by atoms with Crippen LogP contribution in [0.1, 0.15) is 18.5 Å². The quantitative estimate of drug-likeness (QED) is 0.928. The molecule has 0 saturated heterocycles. The van der Waals surface area contributed by atoms with E-state index in [1.54, 1.807) is 19.1 Å². The summed E-state index contributed by atoms with van der Waals surface area (Å²) in [6.45, 7) is 0.368. The zero-order valence-electron chi connectivity index (χ0n) is 8.51. The van der Waals surface area contributed by atoms with Gasteiger partial charge in [-0.3, -0.25) is 0 Å². The van der Waals surface area contributed by atoms with E-state index in [9.17, 15) is 13.2 Å². The minimum absolute atomic E-state index is 0.154. The van der Waals surface area contributed by atoms with Crippen molar-refractivity contribution in [2.75, 3.05) is 6.61 Å². The van der Waals surface area contributed by atoms with Crippen LogP contribution < -0.4 is 10.5 Å². The van der Waals surface area contributed by atoms with Gasteiger partial charge in [-0.1, -0.05) is 22.0 Å². The Hall–Kier alpha value is -0.750. The zero-order chi connectivity index (χ0) is 12.3. The molecule has 2 N–H and O–H groups in total. The maximum Gasteiger partial charge on any atom is 0.422 e. The van der Waals surface area contributed by atoms with Crippen molar-refractivity contribution in [1.82, 2.24) is 0 Å². The molecule has 1 aromatic rings. The van der Waals surface area contributed by atoms with E-state index >= 15 is 0 Å². The number of benzene rings is 1. The molecule has 0 saturated carbocycles. The van der Waals surface area contributed by atoms with Crippen molar-refractivity contribution in [3.8, 4) is 5.75 Å². The van der Waals surface area contributed by atoms with Gasteiger partial charge in [-0.2, -0.15) is 13.2 Å². The zero-order valence-corrected chi connectivity index (χ0v) is 10.1. The van der Waals surface area contributed by atoms with Crippen LogP contribution in [0.2, 0.25) is 0 Å². The minimum atomic E-state index is -4.35. The smallest absolute Gasteiger partial charge is 0.422 e. The maximum atomic E-state index is 12.0. The van der Waals surface area contributed by atoms with Gasteiger partial charge in [0.25, 0.3) is 0 Å². The number of alkyl halides is 3. The van der Waals surface area contributed by atoms with Crippen LogP contribution in [-0.2, 0) is 0 Å². The lowest BCUT2D eigenvalue weighted by atomic mass is 10.1. The highest BCUT2D eigenvalue weighted by Crippen LogP contribution is 2.29. The SMILES string of the molecule is CC(N)c1ccc(Br)cc1OCC(F)(F)F. The molecule has 1 rings (SSSR count). The number of rotatable bonds is 3. The van der Waals surface area contributed by atoms with Crippen LogP contribution in [0.25, 0.3) is 0 Å². The van der Waals surface area contributed by atoms with E-state index in [1.165, 1.54) is 6.07 Å². The Morgan fingerprint density at radius 2 is 2.06 bits per heavy atom. The van der Waals surface area contributed by atoms with E-state index in [-0.39, 0.29) is 11.8 Å². The van der Waals surface area contributed by atoms with Crippen molar-refractivity contribution in [3.63, 3.8) is 0 Å². The summed E-state index contributed by atoms with van der Waals surface area (Å²) in [6.07, 6.45) is -4.35. The van der Waals surface area contributed by atoms with Gasteiger partial charge in [0.2, 0.25) is 0 Å². The fourth-order valence-electron chi connectivity index (χ4n) is 1.17. The first-order chi connectivity index (χ1) is 7.29. The normalized spacial score (nSPS) is 13.6. The van der Waals surface area contributed by atoms with Gasteiger partial charge in [-0.05, 0) is 19.1 Å². The Balaban J connectivity index is 2.88. The van der Waals surface area contributed by atoms with Crippen LogP contribution in [0.15, 0.2) is 22.7 Å². The highest BCUT2D eigenvalue weighted by Gasteiger charge is 2.29. The Labute approximate surface area is 99.7 Å². The molecule has 0 aliphatic rings. The average molecular weight is 298 g/mol. The van der Waals surface area contributed by atoms with Gasteiger partial charge in [0.1, 0.15) is 5.75 Å². The Morgan fingerprint density at radius 3 is 2.56 bits per heavy atom. The van der Waals surface area contributed by atoms with Crippen LogP contribution in [0.5, 0.6) is 5.75 Å². The predicted octanol–water partition coefficient (Wildman–Crippen LogP) is 3.41. The summed E-state index contributed by atoms with van der Waals surface area (Å²) in [6, 6.07) is 4.45. The second kappa shape index (κ2) is 5.05. The maximum absolute atomic E-state index is 12.0. The fourth-order valence-corrected chi connectivity index (χ4v) is 1.51. The molecule has 16 heavy (non-hydrogen) atoms. The molecule has 1 atom stereocenters. The highest BCUT2D eigenvalue weighted by atomic mass is 79.9. The topological polar surface area (TPSA) is 35.2 Å². The first kappa shape index (κ1) is 13.3. The van der Waals surface area contributed by atoms with Gasteiger partial charge in [-0.15, -0.1) is 0 Å². The van der Waals surface area contributed by atoms with Gasteiger partial charge < -0.3 is 10.5 Å². The highest BCUT2D eigenvalue weighted by molar-refractivity contribution is 9.10. The molecule has 90 valence electrons. The van der Waals surface area contributed by atoms with E-state index in [4.69, 9.17) is 10.5 Å². The summed E-state index contributed by atoms with van der Waals surface area (Å²) < 4.78 is 41.4. The Bertz CT molecular complexity index is 366. The lowest BCUT2D eigenvalue weighted by Crippen LogP contribution is -2.20. The van der Waals surface area contributed by atoms with E-state index in [1.807, 2.05) is 0 Å². The summed E-state index contributed by atoms with van der Waals surface area (Å²) >= 11 is 3.16. The number of hydrogen-bond acceptors (Lipinski definition) is 2. The number of halogens is 4. The van der Waals surface area contributed by atoms with Gasteiger partial charge >= 0.3 is 6.18 Å². The van der Waals surface area contributed by atoms with Crippen LogP contribution in [0.3, 0.4) is 0 Å². The molecule has 0 fully saturated rings. The number of nitrogens with two attached hydrogens (primary N) is 1.